The highest BCUT2D eigenvalue weighted by molar-refractivity contribution is 6.35. The Balaban J connectivity index is 1.43. The minimum Gasteiger partial charge on any atom is -0.493 e. The summed E-state index contributed by atoms with van der Waals surface area (Å²) in [7, 11) is 3.46. The number of carbonyl (C=O) groups excluding carboxylic acids is 2. The van der Waals surface area contributed by atoms with Crippen molar-refractivity contribution in [1.82, 2.24) is 19.2 Å². The van der Waals surface area contributed by atoms with Crippen LogP contribution in [-0.2, 0) is 47.2 Å². The second-order valence-corrected chi connectivity index (χ2v) is 13.0. The maximum Gasteiger partial charge on any atom is 0.410 e. The minimum atomic E-state index is -0.433. The molecule has 3 heterocycles. The molecule has 0 N–H and O–H groups in total. The Bertz CT molecular complexity index is 2060. The first-order chi connectivity index (χ1) is 24.8. The molecule has 12 heteroatoms. The summed E-state index contributed by atoms with van der Waals surface area (Å²) in [6.07, 6.45) is 2.73. The van der Waals surface area contributed by atoms with Crippen molar-refractivity contribution in [2.45, 2.75) is 59.0 Å². The number of methoxy groups -OCH3 is 1. The number of aromatic nitrogens is 3. The second-order valence-electron chi connectivity index (χ2n) is 12.6. The number of aryl methyl sites for hydroxylation is 3. The summed E-state index contributed by atoms with van der Waals surface area (Å²) in [6, 6.07) is 14.1. The number of rotatable bonds is 11. The number of nitrogens with zero attached hydrogens (tertiary/aromatic N) is 4. The molecule has 51 heavy (non-hydrogen) atoms. The van der Waals surface area contributed by atoms with Gasteiger partial charge in [-0.05, 0) is 80.3 Å². The van der Waals surface area contributed by atoms with Crippen molar-refractivity contribution in [1.29, 1.82) is 0 Å². The number of benzene rings is 3. The molecule has 6 rings (SSSR count). The maximum absolute atomic E-state index is 13.9. The van der Waals surface area contributed by atoms with E-state index in [1.165, 1.54) is 12.1 Å². The van der Waals surface area contributed by atoms with Gasteiger partial charge in [0.25, 0.3) is 0 Å². The van der Waals surface area contributed by atoms with Gasteiger partial charge in [-0.25, -0.2) is 14.0 Å². The Morgan fingerprint density at radius 3 is 2.55 bits per heavy atom. The van der Waals surface area contributed by atoms with Gasteiger partial charge in [0.2, 0.25) is 0 Å². The molecule has 3 aromatic carbocycles. The molecule has 1 amide bonds. The predicted molar refractivity (Wildman–Crippen MR) is 195 cm³/mol. The highest BCUT2D eigenvalue weighted by Gasteiger charge is 2.31. The molecule has 0 saturated heterocycles. The van der Waals surface area contributed by atoms with E-state index in [9.17, 15) is 14.0 Å². The lowest BCUT2D eigenvalue weighted by molar-refractivity contribution is 0.0512. The van der Waals surface area contributed by atoms with Gasteiger partial charge in [0.1, 0.15) is 23.9 Å². The van der Waals surface area contributed by atoms with Crippen LogP contribution in [0.5, 0.6) is 5.75 Å². The fourth-order valence-corrected chi connectivity index (χ4v) is 7.39. The van der Waals surface area contributed by atoms with Crippen molar-refractivity contribution in [2.24, 2.45) is 7.05 Å². The zero-order valence-electron chi connectivity index (χ0n) is 29.6. The minimum absolute atomic E-state index is 0.149. The molecule has 270 valence electrons. The maximum atomic E-state index is 13.9. The SMILES string of the molecule is CCOC(=O)c1c(CCCOc2cccc3cc(F)ccc23)c2ccc(Cl)c3c2n1CCCCN(C(=O)OCCOC)Cc1nn(C)c(CC)c1-3. The van der Waals surface area contributed by atoms with Crippen molar-refractivity contribution < 1.29 is 32.9 Å². The molecule has 0 radical (unpaired) electrons. The lowest BCUT2D eigenvalue weighted by Crippen LogP contribution is -2.33. The van der Waals surface area contributed by atoms with Gasteiger partial charge < -0.3 is 28.4 Å². The summed E-state index contributed by atoms with van der Waals surface area (Å²) in [6.45, 7) is 6.11. The Morgan fingerprint density at radius 1 is 0.961 bits per heavy atom. The van der Waals surface area contributed by atoms with E-state index in [0.717, 1.165) is 44.1 Å². The molecule has 0 saturated carbocycles. The standard InChI is InChI=1S/C39H44ClFN4O6/c1-5-32-35-31(42-43(32)3)24-44(39(47)51-22-21-48-4)18-7-8-19-45-36-29(16-17-30(40)34(35)36)28(37(45)38(46)49-6-2)12-10-20-50-33-13-9-11-25-23-26(41)14-15-27(25)33/h9,11,13-17,23H,5-8,10,12,18-22,24H2,1-4H3. The summed E-state index contributed by atoms with van der Waals surface area (Å²) in [5, 5.41) is 7.95. The van der Waals surface area contributed by atoms with Gasteiger partial charge >= 0.3 is 12.1 Å². The number of fused-ring (bicyclic) bond motifs is 3. The average molecular weight is 719 g/mol. The Hall–Kier alpha value is -4.61. The van der Waals surface area contributed by atoms with Crippen molar-refractivity contribution in [2.75, 3.05) is 40.1 Å². The van der Waals surface area contributed by atoms with Crippen LogP contribution in [-0.4, -0.2) is 71.4 Å². The van der Waals surface area contributed by atoms with Gasteiger partial charge in [0, 0.05) is 54.8 Å². The van der Waals surface area contributed by atoms with Crippen molar-refractivity contribution >= 4 is 45.3 Å². The van der Waals surface area contributed by atoms with E-state index in [1.807, 2.05) is 42.1 Å². The van der Waals surface area contributed by atoms with Gasteiger partial charge in [0.15, 0.2) is 0 Å². The molecule has 1 aliphatic rings. The third kappa shape index (κ3) is 7.41. The van der Waals surface area contributed by atoms with Crippen molar-refractivity contribution in [3.05, 3.63) is 82.0 Å². The smallest absolute Gasteiger partial charge is 0.410 e. The first-order valence-electron chi connectivity index (χ1n) is 17.5. The van der Waals surface area contributed by atoms with Crippen LogP contribution in [0.1, 0.15) is 60.5 Å². The van der Waals surface area contributed by atoms with Gasteiger partial charge in [-0.3, -0.25) is 4.68 Å². The summed E-state index contributed by atoms with van der Waals surface area (Å²) in [5.74, 6) is -0.0183. The average Bonchev–Trinajstić information content (AvgIpc) is 3.59. The zero-order valence-corrected chi connectivity index (χ0v) is 30.4. The number of halogens is 2. The van der Waals surface area contributed by atoms with E-state index in [-0.39, 0.29) is 25.6 Å². The topological polar surface area (TPSA) is 97.1 Å². The number of hydrogen-bond acceptors (Lipinski definition) is 7. The molecule has 0 unspecified atom stereocenters. The monoisotopic (exact) mass is 718 g/mol. The Kier molecular flexibility index (Phi) is 11.5. The molecule has 0 atom stereocenters. The molecule has 0 aliphatic carbocycles. The highest BCUT2D eigenvalue weighted by Crippen LogP contribution is 2.43. The van der Waals surface area contributed by atoms with E-state index in [2.05, 4.69) is 11.5 Å². The molecule has 0 bridgehead atoms. The van der Waals surface area contributed by atoms with Gasteiger partial charge in [-0.1, -0.05) is 36.7 Å². The van der Waals surface area contributed by atoms with Crippen LogP contribution >= 0.6 is 11.6 Å². The van der Waals surface area contributed by atoms with Crippen LogP contribution in [0.15, 0.2) is 48.5 Å². The number of ether oxygens (including phenoxy) is 4. The third-order valence-electron chi connectivity index (χ3n) is 9.37. The van der Waals surface area contributed by atoms with Crippen molar-refractivity contribution in [3.8, 4) is 16.9 Å². The quantitative estimate of drug-likeness (QED) is 0.101. The van der Waals surface area contributed by atoms with E-state index in [0.29, 0.717) is 80.6 Å². The molecule has 2 aromatic heterocycles. The van der Waals surface area contributed by atoms with Gasteiger partial charge in [-0.15, -0.1) is 0 Å². The first kappa shape index (κ1) is 36.2. The number of carbonyl (C=O) groups is 2. The largest absolute Gasteiger partial charge is 0.493 e. The summed E-state index contributed by atoms with van der Waals surface area (Å²) in [4.78, 5) is 28.8. The van der Waals surface area contributed by atoms with E-state index >= 15 is 0 Å². The Labute approximate surface area is 302 Å². The number of esters is 1. The summed E-state index contributed by atoms with van der Waals surface area (Å²) >= 11 is 7.14. The Morgan fingerprint density at radius 2 is 1.76 bits per heavy atom. The lowest BCUT2D eigenvalue weighted by atomic mass is 9.97. The van der Waals surface area contributed by atoms with Gasteiger partial charge in [0.05, 0.1) is 42.6 Å². The highest BCUT2D eigenvalue weighted by atomic mass is 35.5. The van der Waals surface area contributed by atoms with E-state index < -0.39 is 12.1 Å². The van der Waals surface area contributed by atoms with Crippen molar-refractivity contribution in [3.63, 3.8) is 0 Å². The molecular formula is C39H44ClFN4O6. The molecule has 0 fully saturated rings. The molecule has 0 spiro atoms. The normalized spacial score (nSPS) is 13.3. The van der Waals surface area contributed by atoms with Crippen LogP contribution in [0, 0.1) is 5.82 Å². The van der Waals surface area contributed by atoms with E-state index in [4.69, 9.17) is 35.6 Å². The van der Waals surface area contributed by atoms with E-state index in [1.54, 1.807) is 25.0 Å². The number of hydrogen-bond donors (Lipinski definition) is 0. The van der Waals surface area contributed by atoms with Crippen LogP contribution in [0.4, 0.5) is 9.18 Å². The third-order valence-corrected chi connectivity index (χ3v) is 9.69. The second kappa shape index (κ2) is 16.2. The summed E-state index contributed by atoms with van der Waals surface area (Å²) < 4.78 is 40.3. The lowest BCUT2D eigenvalue weighted by Gasteiger charge is -2.22. The van der Waals surface area contributed by atoms with Crippen LogP contribution in [0.2, 0.25) is 5.02 Å². The molecule has 10 nitrogen and oxygen atoms in total. The van der Waals surface area contributed by atoms with Crippen LogP contribution < -0.4 is 4.74 Å². The number of amides is 1. The fraction of sp³-hybridized carbons (Fsp3) is 0.410. The molecule has 1 aliphatic heterocycles. The van der Waals surface area contributed by atoms with Crippen LogP contribution in [0.3, 0.4) is 0 Å². The van der Waals surface area contributed by atoms with Gasteiger partial charge in [-0.2, -0.15) is 5.10 Å². The van der Waals surface area contributed by atoms with Crippen LogP contribution in [0.25, 0.3) is 32.8 Å². The predicted octanol–water partition coefficient (Wildman–Crippen LogP) is 8.12. The summed E-state index contributed by atoms with van der Waals surface area (Å²) in [5.41, 5.74) is 5.50. The fourth-order valence-electron chi connectivity index (χ4n) is 7.14. The first-order valence-corrected chi connectivity index (χ1v) is 17.9. The molecular weight excluding hydrogens is 675 g/mol. The zero-order chi connectivity index (χ0) is 36.1. The molecule has 5 aromatic rings.